The number of fused-ring (bicyclic) bond motifs is 2. The maximum Gasteiger partial charge on any atom is 0.307 e. The van der Waals surface area contributed by atoms with Gasteiger partial charge in [-0.25, -0.2) is 13.8 Å². The zero-order valence-corrected chi connectivity index (χ0v) is 18.9. The maximum absolute atomic E-state index is 14.0. The van der Waals surface area contributed by atoms with Crippen LogP contribution >= 0.6 is 0 Å². The Kier molecular flexibility index (Phi) is 5.80. The first kappa shape index (κ1) is 22.7. The number of hydrogen-bond acceptors (Lipinski definition) is 4. The first-order chi connectivity index (χ1) is 16.8. The van der Waals surface area contributed by atoms with Crippen molar-refractivity contribution in [3.05, 3.63) is 101 Å². The van der Waals surface area contributed by atoms with Crippen LogP contribution < -0.4 is 4.74 Å². The molecule has 1 N–H and O–H groups in total. The number of aromatic nitrogens is 2. The van der Waals surface area contributed by atoms with Crippen molar-refractivity contribution in [3.63, 3.8) is 0 Å². The lowest BCUT2D eigenvalue weighted by atomic mass is 9.87. The van der Waals surface area contributed by atoms with Crippen LogP contribution in [-0.4, -0.2) is 26.2 Å². The molecule has 0 spiro atoms. The molecule has 8 heteroatoms. The molecule has 2 atom stereocenters. The predicted octanol–water partition coefficient (Wildman–Crippen LogP) is 5.11. The molecule has 0 bridgehead atoms. The van der Waals surface area contributed by atoms with E-state index in [4.69, 9.17) is 4.74 Å². The number of ketones is 1. The van der Waals surface area contributed by atoms with Gasteiger partial charge in [0.15, 0.2) is 17.2 Å². The van der Waals surface area contributed by atoms with E-state index in [1.54, 1.807) is 29.7 Å². The molecule has 0 radical (unpaired) electrons. The van der Waals surface area contributed by atoms with Crippen molar-refractivity contribution in [2.45, 2.75) is 32.3 Å². The Morgan fingerprint density at radius 1 is 1.09 bits per heavy atom. The summed E-state index contributed by atoms with van der Waals surface area (Å²) in [4.78, 5) is 29.8. The average Bonchev–Trinajstić information content (AvgIpc) is 3.36. The van der Waals surface area contributed by atoms with Crippen LogP contribution in [0.15, 0.2) is 60.8 Å². The van der Waals surface area contributed by atoms with Crippen LogP contribution in [0.1, 0.15) is 45.2 Å². The van der Waals surface area contributed by atoms with E-state index in [2.05, 4.69) is 4.98 Å². The van der Waals surface area contributed by atoms with Gasteiger partial charge in [0, 0.05) is 18.5 Å². The number of carboxylic acid groups (broad SMARTS) is 1. The van der Waals surface area contributed by atoms with Gasteiger partial charge in [-0.05, 0) is 48.7 Å². The van der Waals surface area contributed by atoms with Crippen LogP contribution in [0.3, 0.4) is 0 Å². The van der Waals surface area contributed by atoms with Crippen LogP contribution in [0.4, 0.5) is 8.78 Å². The highest BCUT2D eigenvalue weighted by atomic mass is 19.1. The van der Waals surface area contributed by atoms with Gasteiger partial charge < -0.3 is 9.84 Å². The van der Waals surface area contributed by atoms with Gasteiger partial charge >= 0.3 is 5.97 Å². The van der Waals surface area contributed by atoms with Crippen molar-refractivity contribution >= 4 is 17.4 Å². The molecule has 35 heavy (non-hydrogen) atoms. The second kappa shape index (κ2) is 8.94. The van der Waals surface area contributed by atoms with Crippen LogP contribution in [0.2, 0.25) is 0 Å². The molecule has 0 unspecified atom stereocenters. The number of halogens is 2. The Hall–Kier alpha value is -4.07. The van der Waals surface area contributed by atoms with E-state index in [0.717, 1.165) is 23.3 Å². The third-order valence-corrected chi connectivity index (χ3v) is 6.59. The van der Waals surface area contributed by atoms with Crippen molar-refractivity contribution < 1.29 is 28.2 Å². The standard InChI is InChI=1S/C27H22F2N2O4/c1-15-25(23(32)13-18-17-7-3-2-6-16(17)12-19(18)27(33)34)31-11-5-10-24(26(31)30-15)35-14-20-21(28)8-4-9-22(20)29/h2-11,18-19H,12-14H2,1H3,(H,33,34)/t18-,19-/m1/s1. The average molecular weight is 476 g/mol. The summed E-state index contributed by atoms with van der Waals surface area (Å²) >= 11 is 0. The monoisotopic (exact) mass is 476 g/mol. The normalized spacial score (nSPS) is 16.9. The van der Waals surface area contributed by atoms with Gasteiger partial charge in [-0.1, -0.05) is 30.3 Å². The van der Waals surface area contributed by atoms with Gasteiger partial charge in [0.1, 0.15) is 23.9 Å². The van der Waals surface area contributed by atoms with Crippen molar-refractivity contribution in [1.29, 1.82) is 0 Å². The summed E-state index contributed by atoms with van der Waals surface area (Å²) in [7, 11) is 0. The molecule has 1 aliphatic carbocycles. The predicted molar refractivity (Wildman–Crippen MR) is 124 cm³/mol. The number of aryl methyl sites for hydroxylation is 1. The number of aliphatic carboxylic acids is 1. The van der Waals surface area contributed by atoms with Crippen LogP contribution in [0, 0.1) is 24.5 Å². The summed E-state index contributed by atoms with van der Waals surface area (Å²) in [5, 5.41) is 9.76. The third-order valence-electron chi connectivity index (χ3n) is 6.59. The van der Waals surface area contributed by atoms with Gasteiger partial charge in [-0.2, -0.15) is 0 Å². The van der Waals surface area contributed by atoms with E-state index >= 15 is 0 Å². The lowest BCUT2D eigenvalue weighted by molar-refractivity contribution is -0.142. The molecule has 0 aliphatic heterocycles. The second-order valence-electron chi connectivity index (χ2n) is 8.68. The number of ether oxygens (including phenoxy) is 1. The molecule has 1 aliphatic rings. The molecule has 0 fully saturated rings. The van der Waals surface area contributed by atoms with Crippen molar-refractivity contribution in [2.75, 3.05) is 0 Å². The lowest BCUT2D eigenvalue weighted by Gasteiger charge is -2.16. The zero-order valence-electron chi connectivity index (χ0n) is 18.9. The number of carbonyl (C=O) groups excluding carboxylic acids is 1. The molecule has 2 aromatic heterocycles. The largest absolute Gasteiger partial charge is 0.485 e. The summed E-state index contributed by atoms with van der Waals surface area (Å²) in [6.45, 7) is 1.35. The number of nitrogens with zero attached hydrogens (tertiary/aromatic N) is 2. The molecule has 178 valence electrons. The minimum absolute atomic E-state index is 0.0220. The van der Waals surface area contributed by atoms with Crippen molar-refractivity contribution in [1.82, 2.24) is 9.38 Å². The number of carbonyl (C=O) groups is 2. The summed E-state index contributed by atoms with van der Waals surface area (Å²) in [5.74, 6) is -3.43. The molecule has 2 heterocycles. The summed E-state index contributed by atoms with van der Waals surface area (Å²) in [6, 6.07) is 14.4. The highest BCUT2D eigenvalue weighted by Crippen LogP contribution is 2.41. The number of hydrogen-bond donors (Lipinski definition) is 1. The van der Waals surface area contributed by atoms with Crippen molar-refractivity contribution in [2.24, 2.45) is 5.92 Å². The molecule has 0 saturated heterocycles. The number of benzene rings is 2. The van der Waals surface area contributed by atoms with E-state index in [-0.39, 0.29) is 30.1 Å². The second-order valence-corrected chi connectivity index (χ2v) is 8.68. The van der Waals surface area contributed by atoms with Gasteiger partial charge in [0.05, 0.1) is 17.2 Å². The number of carboxylic acids is 1. The minimum Gasteiger partial charge on any atom is -0.485 e. The van der Waals surface area contributed by atoms with Crippen LogP contribution in [0.25, 0.3) is 5.65 Å². The Balaban J connectivity index is 1.45. The highest BCUT2D eigenvalue weighted by molar-refractivity contribution is 5.97. The van der Waals surface area contributed by atoms with E-state index in [1.165, 1.54) is 6.07 Å². The van der Waals surface area contributed by atoms with Gasteiger partial charge in [-0.15, -0.1) is 0 Å². The molecular formula is C27H22F2N2O4. The number of rotatable bonds is 7. The van der Waals surface area contributed by atoms with Crippen LogP contribution in [0.5, 0.6) is 5.75 Å². The Bertz CT molecular complexity index is 1440. The Morgan fingerprint density at radius 3 is 2.57 bits per heavy atom. The number of pyridine rings is 1. The van der Waals surface area contributed by atoms with E-state index in [0.29, 0.717) is 23.5 Å². The van der Waals surface area contributed by atoms with Gasteiger partial charge in [0.25, 0.3) is 0 Å². The van der Waals surface area contributed by atoms with Gasteiger partial charge in [-0.3, -0.25) is 14.0 Å². The van der Waals surface area contributed by atoms with E-state index in [9.17, 15) is 23.5 Å². The SMILES string of the molecule is Cc1nc2c(OCc3c(F)cccc3F)cccn2c1C(=O)C[C@@H]1c2ccccc2C[C@H]1C(=O)O. The lowest BCUT2D eigenvalue weighted by Crippen LogP contribution is -2.21. The molecule has 0 saturated carbocycles. The topological polar surface area (TPSA) is 80.9 Å². The third kappa shape index (κ3) is 4.05. The fourth-order valence-electron chi connectivity index (χ4n) is 4.91. The molecule has 4 aromatic rings. The van der Waals surface area contributed by atoms with Crippen molar-refractivity contribution in [3.8, 4) is 5.75 Å². The smallest absolute Gasteiger partial charge is 0.307 e. The Morgan fingerprint density at radius 2 is 1.83 bits per heavy atom. The first-order valence-electron chi connectivity index (χ1n) is 11.2. The van der Waals surface area contributed by atoms with E-state index < -0.39 is 29.4 Å². The maximum atomic E-state index is 14.0. The Labute approximate surface area is 199 Å². The highest BCUT2D eigenvalue weighted by Gasteiger charge is 2.39. The van der Waals surface area contributed by atoms with E-state index in [1.807, 2.05) is 24.3 Å². The van der Waals surface area contributed by atoms with Crippen LogP contribution in [-0.2, 0) is 17.8 Å². The number of Topliss-reactive ketones (excluding diaryl/α,β-unsaturated/α-hetero) is 1. The molecule has 0 amide bonds. The quantitative estimate of drug-likeness (QED) is 0.375. The molecule has 2 aromatic carbocycles. The summed E-state index contributed by atoms with van der Waals surface area (Å²) in [6.07, 6.45) is 2.07. The summed E-state index contributed by atoms with van der Waals surface area (Å²) < 4.78 is 35.3. The molecule has 6 nitrogen and oxygen atoms in total. The fraction of sp³-hybridized carbons (Fsp3) is 0.222. The minimum atomic E-state index is -0.926. The molecular weight excluding hydrogens is 454 g/mol. The first-order valence-corrected chi connectivity index (χ1v) is 11.2. The number of imidazole rings is 1. The molecule has 5 rings (SSSR count). The fourth-order valence-corrected chi connectivity index (χ4v) is 4.91. The van der Waals surface area contributed by atoms with Gasteiger partial charge in [0.2, 0.25) is 0 Å². The zero-order chi connectivity index (χ0) is 24.7. The summed E-state index contributed by atoms with van der Waals surface area (Å²) in [5.41, 5.74) is 2.76.